The zero-order valence-electron chi connectivity index (χ0n) is 17.0. The number of amides is 1. The van der Waals surface area contributed by atoms with Crippen molar-refractivity contribution in [1.82, 2.24) is 15.0 Å². The van der Waals surface area contributed by atoms with E-state index in [0.29, 0.717) is 31.2 Å². The Labute approximate surface area is 170 Å². The molecule has 150 valence electrons. The van der Waals surface area contributed by atoms with Crippen LogP contribution in [0.2, 0.25) is 0 Å². The van der Waals surface area contributed by atoms with Gasteiger partial charge in [0.05, 0.1) is 6.10 Å². The molecule has 1 aromatic heterocycles. The third-order valence-electron chi connectivity index (χ3n) is 5.07. The predicted molar refractivity (Wildman–Crippen MR) is 109 cm³/mol. The van der Waals surface area contributed by atoms with Crippen molar-refractivity contribution < 1.29 is 14.1 Å². The van der Waals surface area contributed by atoms with E-state index in [0.717, 1.165) is 22.4 Å². The van der Waals surface area contributed by atoms with E-state index in [4.69, 9.17) is 9.26 Å². The molecule has 4 rings (SSSR count). The van der Waals surface area contributed by atoms with E-state index >= 15 is 0 Å². The summed E-state index contributed by atoms with van der Waals surface area (Å²) < 4.78 is 11.1. The second-order valence-corrected chi connectivity index (χ2v) is 7.76. The van der Waals surface area contributed by atoms with Gasteiger partial charge in [-0.2, -0.15) is 4.98 Å². The Bertz CT molecular complexity index is 995. The molecule has 6 heteroatoms. The molecule has 1 fully saturated rings. The average Bonchev–Trinajstić information content (AvgIpc) is 3.31. The van der Waals surface area contributed by atoms with Crippen LogP contribution in [-0.4, -0.2) is 33.6 Å². The third-order valence-corrected chi connectivity index (χ3v) is 5.07. The highest BCUT2D eigenvalue weighted by Gasteiger charge is 2.33. The Kier molecular flexibility index (Phi) is 5.34. The second kappa shape index (κ2) is 8.07. The lowest BCUT2D eigenvalue weighted by molar-refractivity contribution is -0.128. The number of aryl methyl sites for hydroxylation is 1. The maximum Gasteiger partial charge on any atom is 0.258 e. The van der Waals surface area contributed by atoms with E-state index in [-0.39, 0.29) is 17.9 Å². The normalized spacial score (nSPS) is 16.6. The topological polar surface area (TPSA) is 68.5 Å². The van der Waals surface area contributed by atoms with E-state index in [9.17, 15) is 4.79 Å². The highest BCUT2D eigenvalue weighted by Crippen LogP contribution is 2.30. The largest absolute Gasteiger partial charge is 0.491 e. The van der Waals surface area contributed by atoms with Crippen molar-refractivity contribution in [2.45, 2.75) is 45.8 Å². The predicted octanol–water partition coefficient (Wildman–Crippen LogP) is 4.35. The maximum absolute atomic E-state index is 12.5. The van der Waals surface area contributed by atoms with Gasteiger partial charge in [0.15, 0.2) is 5.82 Å². The Hall–Kier alpha value is -3.15. The summed E-state index contributed by atoms with van der Waals surface area (Å²) in [5, 5.41) is 4.15. The molecule has 1 aliphatic heterocycles. The smallest absolute Gasteiger partial charge is 0.258 e. The number of ether oxygens (including phenoxy) is 1. The third kappa shape index (κ3) is 4.31. The fourth-order valence-electron chi connectivity index (χ4n) is 3.59. The summed E-state index contributed by atoms with van der Waals surface area (Å²) in [6.07, 6.45) is 0.544. The number of nitrogens with zero attached hydrogens (tertiary/aromatic N) is 3. The molecule has 1 unspecified atom stereocenters. The van der Waals surface area contributed by atoms with Gasteiger partial charge in [-0.05, 0) is 50.1 Å². The van der Waals surface area contributed by atoms with Crippen molar-refractivity contribution in [3.8, 4) is 17.2 Å². The minimum absolute atomic E-state index is 0.0486. The first-order chi connectivity index (χ1) is 14.0. The average molecular weight is 391 g/mol. The highest BCUT2D eigenvalue weighted by molar-refractivity contribution is 5.79. The molecule has 1 aliphatic rings. The number of rotatable bonds is 6. The molecule has 0 spiro atoms. The van der Waals surface area contributed by atoms with Gasteiger partial charge in [0.2, 0.25) is 5.91 Å². The van der Waals surface area contributed by atoms with Crippen molar-refractivity contribution >= 4 is 5.91 Å². The van der Waals surface area contributed by atoms with Crippen molar-refractivity contribution in [2.24, 2.45) is 0 Å². The van der Waals surface area contributed by atoms with E-state index in [1.807, 2.05) is 74.2 Å². The van der Waals surface area contributed by atoms with Crippen LogP contribution in [0.25, 0.3) is 11.5 Å². The van der Waals surface area contributed by atoms with Crippen LogP contribution in [0.5, 0.6) is 5.75 Å². The Morgan fingerprint density at radius 2 is 1.93 bits per heavy atom. The second-order valence-electron chi connectivity index (χ2n) is 7.76. The number of hydrogen-bond donors (Lipinski definition) is 0. The molecule has 0 bridgehead atoms. The molecular formula is C23H25N3O3. The van der Waals surface area contributed by atoms with Gasteiger partial charge in [-0.15, -0.1) is 0 Å². The lowest BCUT2D eigenvalue weighted by atomic mass is 10.1. The van der Waals surface area contributed by atoms with Crippen LogP contribution in [0, 0.1) is 6.92 Å². The highest BCUT2D eigenvalue weighted by atomic mass is 16.5. The number of carbonyl (C=O) groups excluding carboxylic acids is 1. The Morgan fingerprint density at radius 3 is 2.66 bits per heavy atom. The summed E-state index contributed by atoms with van der Waals surface area (Å²) in [6, 6.07) is 15.8. The molecule has 1 saturated heterocycles. The van der Waals surface area contributed by atoms with Crippen LogP contribution in [0.15, 0.2) is 53.1 Å². The van der Waals surface area contributed by atoms with Crippen LogP contribution in [0.3, 0.4) is 0 Å². The molecule has 0 aliphatic carbocycles. The molecule has 0 saturated carbocycles. The van der Waals surface area contributed by atoms with Gasteiger partial charge in [-0.3, -0.25) is 4.79 Å². The van der Waals surface area contributed by atoms with Gasteiger partial charge >= 0.3 is 0 Å². The van der Waals surface area contributed by atoms with Crippen LogP contribution < -0.4 is 4.74 Å². The first-order valence-electron chi connectivity index (χ1n) is 9.92. The molecular weight excluding hydrogens is 366 g/mol. The van der Waals surface area contributed by atoms with Crippen molar-refractivity contribution in [3.63, 3.8) is 0 Å². The Morgan fingerprint density at radius 1 is 1.17 bits per heavy atom. The van der Waals surface area contributed by atoms with Gasteiger partial charge < -0.3 is 14.2 Å². The standard InChI is InChI=1S/C23H25N3O3/c1-15(2)28-19-10-8-17(9-11-19)13-26-14-18(12-21(26)27)22-24-23(29-25-22)20-7-5-4-6-16(20)3/h4-11,15,18H,12-14H2,1-3H3. The van der Waals surface area contributed by atoms with Crippen LogP contribution in [0.1, 0.15) is 43.1 Å². The molecule has 0 radical (unpaired) electrons. The van der Waals surface area contributed by atoms with E-state index in [2.05, 4.69) is 10.1 Å². The number of hydrogen-bond acceptors (Lipinski definition) is 5. The number of benzene rings is 2. The van der Waals surface area contributed by atoms with Crippen LogP contribution >= 0.6 is 0 Å². The molecule has 3 aromatic rings. The first kappa shape index (κ1) is 19.2. The monoisotopic (exact) mass is 391 g/mol. The summed E-state index contributed by atoms with van der Waals surface area (Å²) in [4.78, 5) is 18.9. The molecule has 1 amide bonds. The van der Waals surface area contributed by atoms with Gasteiger partial charge in [0, 0.05) is 31.0 Å². The van der Waals surface area contributed by atoms with Crippen LogP contribution in [0.4, 0.5) is 0 Å². The molecule has 2 aromatic carbocycles. The lowest BCUT2D eigenvalue weighted by Crippen LogP contribution is -2.24. The number of carbonyl (C=O) groups is 1. The molecule has 1 atom stereocenters. The summed E-state index contributed by atoms with van der Waals surface area (Å²) in [5.74, 6) is 2.00. The fraction of sp³-hybridized carbons (Fsp3) is 0.348. The summed E-state index contributed by atoms with van der Waals surface area (Å²) in [7, 11) is 0. The molecule has 0 N–H and O–H groups in total. The SMILES string of the molecule is Cc1ccccc1-c1nc(C2CC(=O)N(Cc3ccc(OC(C)C)cc3)C2)no1. The van der Waals surface area contributed by atoms with Crippen LogP contribution in [-0.2, 0) is 11.3 Å². The quantitative estimate of drug-likeness (QED) is 0.625. The van der Waals surface area contributed by atoms with Gasteiger partial charge in [-0.25, -0.2) is 0 Å². The summed E-state index contributed by atoms with van der Waals surface area (Å²) >= 11 is 0. The molecule has 6 nitrogen and oxygen atoms in total. The molecule has 2 heterocycles. The Balaban J connectivity index is 1.43. The lowest BCUT2D eigenvalue weighted by Gasteiger charge is -2.17. The number of aromatic nitrogens is 2. The maximum atomic E-state index is 12.5. The van der Waals surface area contributed by atoms with Gasteiger partial charge in [-0.1, -0.05) is 35.5 Å². The minimum atomic E-state index is -0.0486. The summed E-state index contributed by atoms with van der Waals surface area (Å²) in [6.45, 7) is 7.17. The van der Waals surface area contributed by atoms with Crippen molar-refractivity contribution in [3.05, 3.63) is 65.5 Å². The molecule has 29 heavy (non-hydrogen) atoms. The zero-order chi connectivity index (χ0) is 20.4. The fourth-order valence-corrected chi connectivity index (χ4v) is 3.59. The van der Waals surface area contributed by atoms with Gasteiger partial charge in [0.25, 0.3) is 5.89 Å². The van der Waals surface area contributed by atoms with Crippen molar-refractivity contribution in [2.75, 3.05) is 6.54 Å². The zero-order valence-corrected chi connectivity index (χ0v) is 17.0. The number of likely N-dealkylation sites (tertiary alicyclic amines) is 1. The first-order valence-corrected chi connectivity index (χ1v) is 9.92. The van der Waals surface area contributed by atoms with E-state index < -0.39 is 0 Å². The van der Waals surface area contributed by atoms with E-state index in [1.54, 1.807) is 0 Å². The summed E-state index contributed by atoms with van der Waals surface area (Å²) in [5.41, 5.74) is 3.08. The van der Waals surface area contributed by atoms with Crippen molar-refractivity contribution in [1.29, 1.82) is 0 Å². The minimum Gasteiger partial charge on any atom is -0.491 e. The van der Waals surface area contributed by atoms with E-state index in [1.165, 1.54) is 0 Å². The van der Waals surface area contributed by atoms with Gasteiger partial charge in [0.1, 0.15) is 5.75 Å².